The number of rotatable bonds is 5. The molecule has 0 bridgehead atoms. The molecule has 0 saturated heterocycles. The molecule has 0 N–H and O–H groups in total. The third kappa shape index (κ3) is 8.30. The number of aromatic nitrogens is 6. The van der Waals surface area contributed by atoms with E-state index >= 15 is 0 Å². The van der Waals surface area contributed by atoms with Crippen molar-refractivity contribution in [3.8, 4) is 45.5 Å². The highest BCUT2D eigenvalue weighted by Gasteiger charge is 2.27. The third-order valence-electron chi connectivity index (χ3n) is 18.8. The standard InChI is InChI=1S/C44H25N3S2.C40H29N3S/c1-2-13-26(14-3-1)27-15-12-16-28(25-27)39-43-40(33-21-8-11-24-36(33)49-43)46-44(45-39)47-34-22-9-6-19-31(34)38-41(47)30-18-5-4-17-29(30)37-32-20-7-10-23-35(32)48-42(37)38;1-40(2,3)25-22-20-24(21-23-25)36-28-14-6-9-17-31(28)41-39(42-36)43-32-18-10-7-15-29(32)35-37(43)27-13-5-4-12-26(27)34-30-16-8-11-19-33(30)44-38(34)35/h1-25H;4-23H,1-3H3. The average Bonchev–Trinajstić information content (AvgIpc) is 1.55. The summed E-state index contributed by atoms with van der Waals surface area (Å²) < 4.78 is 12.2. The highest BCUT2D eigenvalue weighted by atomic mass is 32.1. The Kier molecular flexibility index (Phi) is 12.0. The first-order valence-corrected chi connectivity index (χ1v) is 34.0. The maximum Gasteiger partial charge on any atom is 0.235 e. The predicted molar refractivity (Wildman–Crippen MR) is 399 cm³/mol. The summed E-state index contributed by atoms with van der Waals surface area (Å²) in [4.78, 5) is 21.6. The van der Waals surface area contributed by atoms with Gasteiger partial charge in [0.1, 0.15) is 0 Å². The molecule has 7 heterocycles. The lowest BCUT2D eigenvalue weighted by atomic mass is 9.86. The fraction of sp³-hybridized carbons (Fsp3) is 0.0476. The van der Waals surface area contributed by atoms with Gasteiger partial charge in [0.2, 0.25) is 11.9 Å². The number of hydrogen-bond donors (Lipinski definition) is 0. The SMILES string of the molecule is CC(C)(C)c1ccc(-c2nc(-n3c4ccccc4c4c5sc6ccccc6c5c5ccccc5c43)nc3ccccc23)cc1.c1ccc(-c2cccc(-c3nc(-n4c5ccccc5c5c6sc7ccccc7c6c6ccccc6c54)nc4c3sc3ccccc34)c2)cc1. The average molecular weight is 1240 g/mol. The molecule has 0 unspecified atom stereocenters. The molecule has 9 heteroatoms. The Bertz CT molecular complexity index is 6480. The molecule has 0 aliphatic rings. The molecule has 0 atom stereocenters. The van der Waals surface area contributed by atoms with Crippen molar-refractivity contribution >= 4 is 171 Å². The van der Waals surface area contributed by atoms with Crippen molar-refractivity contribution in [1.82, 2.24) is 29.1 Å². The van der Waals surface area contributed by atoms with Gasteiger partial charge in [-0.2, -0.15) is 0 Å². The van der Waals surface area contributed by atoms with Gasteiger partial charge in [-0.1, -0.05) is 251 Å². The second-order valence-electron chi connectivity index (χ2n) is 25.2. The third-order valence-corrected chi connectivity index (χ3v) is 22.3. The van der Waals surface area contributed by atoms with Gasteiger partial charge in [-0.05, 0) is 75.3 Å². The fourth-order valence-electron chi connectivity index (χ4n) is 14.5. The van der Waals surface area contributed by atoms with E-state index in [0.29, 0.717) is 11.9 Å². The second kappa shape index (κ2) is 20.8. The van der Waals surface area contributed by atoms with Gasteiger partial charge < -0.3 is 0 Å². The summed E-state index contributed by atoms with van der Waals surface area (Å²) in [6.45, 7) is 6.75. The number of nitrogens with zero attached hydrogens (tertiary/aromatic N) is 6. The molecule has 438 valence electrons. The molecule has 7 aromatic heterocycles. The van der Waals surface area contributed by atoms with Crippen LogP contribution in [-0.2, 0) is 5.41 Å². The van der Waals surface area contributed by atoms with E-state index in [-0.39, 0.29) is 5.41 Å². The van der Waals surface area contributed by atoms with Gasteiger partial charge in [-0.15, -0.1) is 34.0 Å². The van der Waals surface area contributed by atoms with Crippen molar-refractivity contribution in [2.24, 2.45) is 0 Å². The van der Waals surface area contributed by atoms with E-state index in [1.54, 1.807) is 11.3 Å². The fourth-order valence-corrected chi connectivity index (χ4v) is 18.2. The number of hydrogen-bond acceptors (Lipinski definition) is 7. The van der Waals surface area contributed by atoms with Crippen LogP contribution in [-0.4, -0.2) is 29.1 Å². The summed E-state index contributed by atoms with van der Waals surface area (Å²) in [7, 11) is 0. The summed E-state index contributed by atoms with van der Waals surface area (Å²) in [5.74, 6) is 1.38. The van der Waals surface area contributed by atoms with Crippen LogP contribution in [0.3, 0.4) is 0 Å². The number of para-hydroxylation sites is 3. The van der Waals surface area contributed by atoms with Crippen LogP contribution in [0.4, 0.5) is 0 Å². The highest BCUT2D eigenvalue weighted by molar-refractivity contribution is 7.27. The lowest BCUT2D eigenvalue weighted by molar-refractivity contribution is 0.590. The van der Waals surface area contributed by atoms with Crippen LogP contribution in [0.25, 0.3) is 182 Å². The van der Waals surface area contributed by atoms with Gasteiger partial charge >= 0.3 is 0 Å². The minimum absolute atomic E-state index is 0.0827. The molecule has 13 aromatic carbocycles. The molecule has 0 amide bonds. The Balaban J connectivity index is 0.000000133. The van der Waals surface area contributed by atoms with Crippen molar-refractivity contribution in [2.75, 3.05) is 0 Å². The molecule has 6 nitrogen and oxygen atoms in total. The molecule has 0 fully saturated rings. The van der Waals surface area contributed by atoms with E-state index in [4.69, 9.17) is 19.9 Å². The predicted octanol–water partition coefficient (Wildman–Crippen LogP) is 24.0. The van der Waals surface area contributed by atoms with Gasteiger partial charge in [0.05, 0.1) is 49.2 Å². The van der Waals surface area contributed by atoms with Crippen molar-refractivity contribution in [3.63, 3.8) is 0 Å². The molecular formula is C84H54N6S3. The normalized spacial score (nSPS) is 12.2. The molecule has 20 rings (SSSR count). The topological polar surface area (TPSA) is 61.4 Å². The highest BCUT2D eigenvalue weighted by Crippen LogP contribution is 2.51. The van der Waals surface area contributed by atoms with Crippen LogP contribution in [0.2, 0.25) is 0 Å². The van der Waals surface area contributed by atoms with E-state index in [0.717, 1.165) is 71.1 Å². The lowest BCUT2D eigenvalue weighted by Gasteiger charge is -2.19. The van der Waals surface area contributed by atoms with Crippen molar-refractivity contribution in [2.45, 2.75) is 26.2 Å². The lowest BCUT2D eigenvalue weighted by Crippen LogP contribution is -2.10. The maximum atomic E-state index is 5.54. The summed E-state index contributed by atoms with van der Waals surface area (Å²) in [6.07, 6.45) is 0. The van der Waals surface area contributed by atoms with E-state index in [1.165, 1.54) is 105 Å². The largest absolute Gasteiger partial charge is 0.277 e. The van der Waals surface area contributed by atoms with E-state index < -0.39 is 0 Å². The first-order chi connectivity index (χ1) is 45.8. The molecule has 20 aromatic rings. The number of benzene rings is 13. The molecule has 0 radical (unpaired) electrons. The molecule has 0 spiro atoms. The molecule has 0 saturated carbocycles. The Morgan fingerprint density at radius 2 is 0.720 bits per heavy atom. The van der Waals surface area contributed by atoms with Crippen LogP contribution < -0.4 is 0 Å². The quantitative estimate of drug-likeness (QED) is 0.172. The maximum absolute atomic E-state index is 5.54. The minimum atomic E-state index is 0.0827. The van der Waals surface area contributed by atoms with Gasteiger partial charge in [0.15, 0.2) is 0 Å². The Morgan fingerprint density at radius 1 is 0.290 bits per heavy atom. The molecular weight excluding hydrogens is 1190 g/mol. The van der Waals surface area contributed by atoms with Crippen molar-refractivity contribution in [1.29, 1.82) is 0 Å². The molecule has 0 aliphatic carbocycles. The van der Waals surface area contributed by atoms with E-state index in [2.05, 4.69) is 303 Å². The second-order valence-corrected chi connectivity index (χ2v) is 28.3. The monoisotopic (exact) mass is 1240 g/mol. The van der Waals surface area contributed by atoms with Crippen LogP contribution >= 0.6 is 34.0 Å². The number of fused-ring (bicyclic) bond motifs is 24. The first-order valence-electron chi connectivity index (χ1n) is 31.5. The summed E-state index contributed by atoms with van der Waals surface area (Å²) in [6, 6.07) is 98.0. The molecule has 93 heavy (non-hydrogen) atoms. The van der Waals surface area contributed by atoms with Gasteiger partial charge in [-0.25, -0.2) is 19.9 Å². The van der Waals surface area contributed by atoms with Crippen LogP contribution in [0, 0.1) is 0 Å². The summed E-state index contributed by atoms with van der Waals surface area (Å²) in [5, 5.41) is 17.4. The zero-order chi connectivity index (χ0) is 61.6. The van der Waals surface area contributed by atoms with Crippen LogP contribution in [0.1, 0.15) is 26.3 Å². The number of thiophene rings is 3. The van der Waals surface area contributed by atoms with Crippen molar-refractivity contribution in [3.05, 3.63) is 279 Å². The smallest absolute Gasteiger partial charge is 0.235 e. The van der Waals surface area contributed by atoms with E-state index in [1.807, 2.05) is 22.7 Å². The zero-order valence-electron chi connectivity index (χ0n) is 50.9. The molecule has 0 aliphatic heterocycles. The Hall–Kier alpha value is -10.9. The van der Waals surface area contributed by atoms with Crippen LogP contribution in [0.15, 0.2) is 273 Å². The Morgan fingerprint density at radius 3 is 1.30 bits per heavy atom. The minimum Gasteiger partial charge on any atom is -0.277 e. The van der Waals surface area contributed by atoms with Gasteiger partial charge in [0, 0.05) is 99.3 Å². The van der Waals surface area contributed by atoms with E-state index in [9.17, 15) is 0 Å². The first kappa shape index (κ1) is 53.9. The summed E-state index contributed by atoms with van der Waals surface area (Å²) >= 11 is 5.54. The zero-order valence-corrected chi connectivity index (χ0v) is 53.3. The van der Waals surface area contributed by atoms with Crippen LogP contribution in [0.5, 0.6) is 0 Å². The van der Waals surface area contributed by atoms with Crippen molar-refractivity contribution < 1.29 is 0 Å². The van der Waals surface area contributed by atoms with Gasteiger partial charge in [0.25, 0.3) is 0 Å². The summed E-state index contributed by atoms with van der Waals surface area (Å²) in [5.41, 5.74) is 14.3. The van der Waals surface area contributed by atoms with Gasteiger partial charge in [-0.3, -0.25) is 9.13 Å². The Labute approximate surface area is 546 Å².